The molecule has 2 heterocycles. The number of likely N-dealkylation sites (tertiary alicyclic amines) is 1. The van der Waals surface area contributed by atoms with E-state index in [4.69, 9.17) is 0 Å². The van der Waals surface area contributed by atoms with E-state index >= 15 is 0 Å². The van der Waals surface area contributed by atoms with Gasteiger partial charge < -0.3 is 4.90 Å². The highest BCUT2D eigenvalue weighted by molar-refractivity contribution is 7.98. The lowest BCUT2D eigenvalue weighted by Gasteiger charge is -2.26. The van der Waals surface area contributed by atoms with E-state index in [2.05, 4.69) is 9.97 Å². The summed E-state index contributed by atoms with van der Waals surface area (Å²) in [7, 11) is 0. The molecule has 4 nitrogen and oxygen atoms in total. The molecule has 92 valence electrons. The summed E-state index contributed by atoms with van der Waals surface area (Å²) in [5.41, 5.74) is 1.38. The number of carbonyl (C=O) groups is 1. The second-order valence-electron chi connectivity index (χ2n) is 4.23. The number of aromatic nitrogens is 2. The molecule has 0 radical (unpaired) electrons. The first kappa shape index (κ1) is 12.4. The van der Waals surface area contributed by atoms with Crippen LogP contribution in [0.3, 0.4) is 0 Å². The van der Waals surface area contributed by atoms with E-state index in [9.17, 15) is 4.79 Å². The zero-order chi connectivity index (χ0) is 12.3. The lowest BCUT2D eigenvalue weighted by atomic mass is 10.1. The number of hydrogen-bond donors (Lipinski definition) is 0. The first-order valence-electron chi connectivity index (χ1n) is 5.89. The van der Waals surface area contributed by atoms with Crippen LogP contribution in [-0.4, -0.2) is 40.1 Å². The SMILES string of the molecule is CSc1nc(C)cc(C(=O)N2CCCCC2)n1. The predicted molar refractivity (Wildman–Crippen MR) is 68.3 cm³/mol. The average Bonchev–Trinajstić information content (AvgIpc) is 2.38. The monoisotopic (exact) mass is 251 g/mol. The first-order valence-corrected chi connectivity index (χ1v) is 7.12. The Balaban J connectivity index is 2.20. The van der Waals surface area contributed by atoms with E-state index < -0.39 is 0 Å². The van der Waals surface area contributed by atoms with Gasteiger partial charge in [-0.2, -0.15) is 0 Å². The van der Waals surface area contributed by atoms with Gasteiger partial charge in [0.1, 0.15) is 5.69 Å². The van der Waals surface area contributed by atoms with Gasteiger partial charge in [-0.3, -0.25) is 4.79 Å². The number of thioether (sulfide) groups is 1. The van der Waals surface area contributed by atoms with Gasteiger partial charge >= 0.3 is 0 Å². The molecule has 1 fully saturated rings. The van der Waals surface area contributed by atoms with Crippen molar-refractivity contribution in [2.75, 3.05) is 19.3 Å². The lowest BCUT2D eigenvalue weighted by Crippen LogP contribution is -2.36. The average molecular weight is 251 g/mol. The predicted octanol–water partition coefficient (Wildman–Crippen LogP) is 2.13. The molecule has 0 aromatic carbocycles. The molecule has 0 aliphatic carbocycles. The largest absolute Gasteiger partial charge is 0.337 e. The lowest BCUT2D eigenvalue weighted by molar-refractivity contribution is 0.0717. The third-order valence-corrected chi connectivity index (χ3v) is 3.43. The Morgan fingerprint density at radius 3 is 2.65 bits per heavy atom. The molecule has 1 aliphatic rings. The number of carbonyl (C=O) groups excluding carboxylic acids is 1. The Bertz CT molecular complexity index is 416. The maximum atomic E-state index is 12.2. The first-order chi connectivity index (χ1) is 8.20. The summed E-state index contributed by atoms with van der Waals surface area (Å²) in [6.07, 6.45) is 5.35. The minimum Gasteiger partial charge on any atom is -0.337 e. The van der Waals surface area contributed by atoms with Gasteiger partial charge in [0.05, 0.1) is 0 Å². The maximum absolute atomic E-state index is 12.2. The Morgan fingerprint density at radius 1 is 1.29 bits per heavy atom. The summed E-state index contributed by atoms with van der Waals surface area (Å²) in [5, 5.41) is 0.672. The van der Waals surface area contributed by atoms with Gasteiger partial charge in [-0.15, -0.1) is 0 Å². The van der Waals surface area contributed by atoms with Crippen LogP contribution in [-0.2, 0) is 0 Å². The molecule has 5 heteroatoms. The highest BCUT2D eigenvalue weighted by atomic mass is 32.2. The van der Waals surface area contributed by atoms with E-state index in [-0.39, 0.29) is 5.91 Å². The molecule has 0 N–H and O–H groups in total. The van der Waals surface area contributed by atoms with E-state index in [0.29, 0.717) is 10.9 Å². The van der Waals surface area contributed by atoms with Crippen LogP contribution in [0.4, 0.5) is 0 Å². The zero-order valence-electron chi connectivity index (χ0n) is 10.3. The third-order valence-electron chi connectivity index (χ3n) is 2.88. The van der Waals surface area contributed by atoms with Crippen LogP contribution in [0.25, 0.3) is 0 Å². The Kier molecular flexibility index (Phi) is 3.99. The van der Waals surface area contributed by atoms with Gasteiger partial charge in [0.15, 0.2) is 5.16 Å². The number of piperidine rings is 1. The van der Waals surface area contributed by atoms with Crippen molar-refractivity contribution in [3.05, 3.63) is 17.5 Å². The number of amides is 1. The van der Waals surface area contributed by atoms with Gasteiger partial charge in [0.25, 0.3) is 5.91 Å². The van der Waals surface area contributed by atoms with E-state index in [1.165, 1.54) is 18.2 Å². The highest BCUT2D eigenvalue weighted by Gasteiger charge is 2.20. The van der Waals surface area contributed by atoms with Crippen molar-refractivity contribution in [1.29, 1.82) is 0 Å². The van der Waals surface area contributed by atoms with Gasteiger partial charge in [-0.1, -0.05) is 11.8 Å². The van der Waals surface area contributed by atoms with Crippen LogP contribution in [0.5, 0.6) is 0 Å². The van der Waals surface area contributed by atoms with Crippen LogP contribution in [0, 0.1) is 6.92 Å². The van der Waals surface area contributed by atoms with Gasteiger partial charge in [-0.05, 0) is 38.5 Å². The molecule has 0 atom stereocenters. The smallest absolute Gasteiger partial charge is 0.272 e. The number of hydrogen-bond acceptors (Lipinski definition) is 4. The van der Waals surface area contributed by atoms with Gasteiger partial charge in [0.2, 0.25) is 0 Å². The fourth-order valence-corrected chi connectivity index (χ4v) is 2.43. The standard InChI is InChI=1S/C12H17N3OS/c1-9-8-10(14-12(13-9)17-2)11(16)15-6-4-3-5-7-15/h8H,3-7H2,1-2H3. The fraction of sp³-hybridized carbons (Fsp3) is 0.583. The number of nitrogens with zero attached hydrogens (tertiary/aromatic N) is 3. The molecule has 1 aliphatic heterocycles. The minimum atomic E-state index is 0.0468. The summed E-state index contributed by atoms with van der Waals surface area (Å²) in [6, 6.07) is 1.77. The third kappa shape index (κ3) is 2.97. The van der Waals surface area contributed by atoms with Crippen molar-refractivity contribution in [3.8, 4) is 0 Å². The molecule has 2 rings (SSSR count). The molecule has 0 unspecified atom stereocenters. The molecule has 1 amide bonds. The molecule has 1 aromatic heterocycles. The van der Waals surface area contributed by atoms with Gasteiger partial charge in [-0.25, -0.2) is 9.97 Å². The Hall–Kier alpha value is -1.10. The van der Waals surface area contributed by atoms with E-state index in [0.717, 1.165) is 31.6 Å². The molecule has 17 heavy (non-hydrogen) atoms. The molecule has 1 saturated heterocycles. The van der Waals surface area contributed by atoms with Gasteiger partial charge in [0, 0.05) is 18.8 Å². The topological polar surface area (TPSA) is 46.1 Å². The highest BCUT2D eigenvalue weighted by Crippen LogP contribution is 2.15. The Labute approximate surface area is 106 Å². The quantitative estimate of drug-likeness (QED) is 0.597. The molecular formula is C12H17N3OS. The van der Waals surface area contributed by atoms with Crippen LogP contribution in [0.15, 0.2) is 11.2 Å². The molecular weight excluding hydrogens is 234 g/mol. The zero-order valence-corrected chi connectivity index (χ0v) is 11.1. The number of aryl methyl sites for hydroxylation is 1. The van der Waals surface area contributed by atoms with Crippen molar-refractivity contribution < 1.29 is 4.79 Å². The Morgan fingerprint density at radius 2 is 2.00 bits per heavy atom. The maximum Gasteiger partial charge on any atom is 0.272 e. The van der Waals surface area contributed by atoms with Crippen molar-refractivity contribution in [1.82, 2.24) is 14.9 Å². The normalized spacial score (nSPS) is 16.0. The summed E-state index contributed by atoms with van der Waals surface area (Å²) in [5.74, 6) is 0.0468. The fourth-order valence-electron chi connectivity index (χ4n) is 2.00. The summed E-state index contributed by atoms with van der Waals surface area (Å²) in [6.45, 7) is 3.61. The van der Waals surface area contributed by atoms with Crippen molar-refractivity contribution >= 4 is 17.7 Å². The van der Waals surface area contributed by atoms with Crippen molar-refractivity contribution in [2.45, 2.75) is 31.3 Å². The molecule has 1 aromatic rings. The second-order valence-corrected chi connectivity index (χ2v) is 5.01. The molecule has 0 saturated carbocycles. The van der Waals surface area contributed by atoms with Crippen molar-refractivity contribution in [2.24, 2.45) is 0 Å². The molecule has 0 bridgehead atoms. The summed E-state index contributed by atoms with van der Waals surface area (Å²) < 4.78 is 0. The number of rotatable bonds is 2. The minimum absolute atomic E-state index is 0.0468. The van der Waals surface area contributed by atoms with E-state index in [1.54, 1.807) is 6.07 Å². The summed E-state index contributed by atoms with van der Waals surface area (Å²) in [4.78, 5) is 22.7. The molecule has 0 spiro atoms. The van der Waals surface area contributed by atoms with E-state index in [1.807, 2.05) is 18.1 Å². The van der Waals surface area contributed by atoms with Crippen LogP contribution in [0.1, 0.15) is 35.4 Å². The van der Waals surface area contributed by atoms with Crippen LogP contribution < -0.4 is 0 Å². The second kappa shape index (κ2) is 5.49. The van der Waals surface area contributed by atoms with Crippen LogP contribution in [0.2, 0.25) is 0 Å². The summed E-state index contributed by atoms with van der Waals surface area (Å²) >= 11 is 1.47. The van der Waals surface area contributed by atoms with Crippen LogP contribution >= 0.6 is 11.8 Å². The van der Waals surface area contributed by atoms with Crippen molar-refractivity contribution in [3.63, 3.8) is 0 Å².